The van der Waals surface area contributed by atoms with E-state index in [0.717, 1.165) is 55.8 Å². The van der Waals surface area contributed by atoms with Gasteiger partial charge in [0.15, 0.2) is 12.4 Å². The van der Waals surface area contributed by atoms with Crippen molar-refractivity contribution in [1.82, 2.24) is 15.2 Å². The van der Waals surface area contributed by atoms with Crippen LogP contribution in [0.1, 0.15) is 149 Å². The van der Waals surface area contributed by atoms with Crippen LogP contribution in [0.15, 0.2) is 65.8 Å². The number of carboxylic acids is 1. The lowest BCUT2D eigenvalue weighted by atomic mass is 9.58. The topological polar surface area (TPSA) is 256 Å². The summed E-state index contributed by atoms with van der Waals surface area (Å²) in [6.45, 7) is 15.8. The number of allylic oxidation sites excluding steroid dienone is 1. The van der Waals surface area contributed by atoms with Crippen LogP contribution in [0, 0.1) is 16.2 Å². The molecular weight excluding hydrogens is 983 g/mol. The molecule has 7 N–H and O–H groups in total. The number of hydrogen-bond donors (Lipinski definition) is 6. The molecule has 0 radical (unpaired) electrons. The van der Waals surface area contributed by atoms with Gasteiger partial charge in [0, 0.05) is 87.1 Å². The molecule has 3 aromatic rings. The summed E-state index contributed by atoms with van der Waals surface area (Å²) < 4.78 is 17.3. The molecule has 2 aliphatic heterocycles. The number of anilines is 2. The van der Waals surface area contributed by atoms with Crippen LogP contribution in [-0.2, 0) is 32.0 Å². The Balaban J connectivity index is 1.13. The van der Waals surface area contributed by atoms with Crippen LogP contribution in [0.2, 0.25) is 0 Å². The Labute approximate surface area is 453 Å². The van der Waals surface area contributed by atoms with Gasteiger partial charge in [-0.3, -0.25) is 19.4 Å². The van der Waals surface area contributed by atoms with Crippen molar-refractivity contribution in [2.24, 2.45) is 27.0 Å². The van der Waals surface area contributed by atoms with Gasteiger partial charge >= 0.3 is 12.1 Å². The molecule has 1 aromatic heterocycles. The molecule has 18 nitrogen and oxygen atoms in total. The molecule has 2 amide bonds. The summed E-state index contributed by atoms with van der Waals surface area (Å²) in [5.74, 6) is -0.622. The van der Waals surface area contributed by atoms with Crippen molar-refractivity contribution in [3.05, 3.63) is 94.3 Å². The number of rotatable bonds is 25. The molecule has 6 atom stereocenters. The number of nitrogens with one attached hydrogen (secondary N) is 2. The average Bonchev–Trinajstić information content (AvgIpc) is 3.39. The number of fused-ring (bicyclic) bond motifs is 1. The summed E-state index contributed by atoms with van der Waals surface area (Å²) in [5.41, 5.74) is 11.5. The number of hydrogen-bond acceptors (Lipinski definition) is 15. The van der Waals surface area contributed by atoms with Gasteiger partial charge in [-0.15, -0.1) is 0 Å². The second-order valence-corrected chi connectivity index (χ2v) is 22.5. The second-order valence-electron chi connectivity index (χ2n) is 22.5. The van der Waals surface area contributed by atoms with Gasteiger partial charge in [-0.1, -0.05) is 65.0 Å². The van der Waals surface area contributed by atoms with Crippen LogP contribution < -0.4 is 26.0 Å². The van der Waals surface area contributed by atoms with Crippen LogP contribution in [0.4, 0.5) is 16.3 Å². The smallest absolute Gasteiger partial charge is 0.410 e. The minimum absolute atomic E-state index is 0.0240. The molecule has 3 aliphatic rings. The van der Waals surface area contributed by atoms with Crippen LogP contribution in [0.25, 0.3) is 11.6 Å². The molecule has 6 unspecified atom stereocenters. The van der Waals surface area contributed by atoms with Crippen LogP contribution in [-0.4, -0.2) is 132 Å². The van der Waals surface area contributed by atoms with Gasteiger partial charge in [0.1, 0.15) is 30.2 Å². The number of aliphatic hydroxyl groups is 2. The number of carboxylic acid groups (broad SMARTS) is 1. The highest BCUT2D eigenvalue weighted by molar-refractivity contribution is 6.23. The molecule has 2 aromatic carbocycles. The molecule has 2 fully saturated rings. The molecule has 418 valence electrons. The number of aliphatic hydroxyl groups excluding tert-OH is 2. The lowest BCUT2D eigenvalue weighted by Crippen LogP contribution is -2.42. The number of benzene rings is 2. The van der Waals surface area contributed by atoms with Crippen LogP contribution >= 0.6 is 0 Å². The maximum atomic E-state index is 13.7. The van der Waals surface area contributed by atoms with Crippen molar-refractivity contribution in [3.8, 4) is 5.75 Å². The monoisotopic (exact) mass is 1060 g/mol. The zero-order chi connectivity index (χ0) is 55.9. The molecular formula is C59H81N7O11. The van der Waals surface area contributed by atoms with E-state index < -0.39 is 36.7 Å². The zero-order valence-electron chi connectivity index (χ0n) is 46.0. The largest absolute Gasteiger partial charge is 0.479 e. The number of aromatic nitrogens is 1. The molecule has 6 rings (SSSR count). The minimum Gasteiger partial charge on any atom is -0.479 e. The van der Waals surface area contributed by atoms with Crippen molar-refractivity contribution >= 4 is 59.4 Å². The van der Waals surface area contributed by atoms with Crippen molar-refractivity contribution in [2.45, 2.75) is 143 Å². The Morgan fingerprint density at radius 2 is 1.84 bits per heavy atom. The summed E-state index contributed by atoms with van der Waals surface area (Å²) >= 11 is 0. The number of aldehydes is 2. The van der Waals surface area contributed by atoms with Crippen LogP contribution in [0.5, 0.6) is 5.75 Å². The average molecular weight is 1060 g/mol. The van der Waals surface area contributed by atoms with Crippen LogP contribution in [0.3, 0.4) is 0 Å². The summed E-state index contributed by atoms with van der Waals surface area (Å²) in [5, 5.41) is 36.7. The Morgan fingerprint density at radius 1 is 1.05 bits per heavy atom. The fraction of sp³-hybridized carbons (Fsp3) is 0.542. The van der Waals surface area contributed by atoms with E-state index >= 15 is 0 Å². The molecule has 0 spiro atoms. The first-order chi connectivity index (χ1) is 36.7. The predicted octanol–water partition coefficient (Wildman–Crippen LogP) is 8.22. The summed E-state index contributed by atoms with van der Waals surface area (Å²) in [4.78, 5) is 76.4. The number of nitrogens with zero attached hydrogens (tertiary/aromatic N) is 4. The third kappa shape index (κ3) is 16.8. The van der Waals surface area contributed by atoms with E-state index in [0.29, 0.717) is 98.0 Å². The fourth-order valence-electron chi connectivity index (χ4n) is 11.8. The Morgan fingerprint density at radius 3 is 2.55 bits per heavy atom. The number of aliphatic imine (C=N–C) groups is 1. The van der Waals surface area contributed by atoms with E-state index in [-0.39, 0.29) is 59.5 Å². The summed E-state index contributed by atoms with van der Waals surface area (Å²) in [7, 11) is 1.74. The van der Waals surface area contributed by atoms with E-state index in [9.17, 15) is 39.3 Å². The highest BCUT2D eigenvalue weighted by Gasteiger charge is 2.44. The van der Waals surface area contributed by atoms with Crippen molar-refractivity contribution in [2.75, 3.05) is 56.6 Å². The zero-order valence-corrected chi connectivity index (χ0v) is 46.0. The Kier molecular flexibility index (Phi) is 21.1. The molecule has 18 heteroatoms. The number of aliphatic carboxylic acids is 1. The first-order valence-electron chi connectivity index (χ1n) is 27.0. The predicted molar refractivity (Wildman–Crippen MR) is 298 cm³/mol. The van der Waals surface area contributed by atoms with Gasteiger partial charge < -0.3 is 55.7 Å². The fourth-order valence-corrected chi connectivity index (χ4v) is 11.8. The number of nitrogens with two attached hydrogens (primary N) is 1. The molecule has 1 saturated heterocycles. The van der Waals surface area contributed by atoms with Crippen molar-refractivity contribution < 1.29 is 53.5 Å². The first kappa shape index (κ1) is 59.8. The molecule has 1 saturated carbocycles. The van der Waals surface area contributed by atoms with Gasteiger partial charge in [0.05, 0.1) is 17.9 Å². The molecule has 77 heavy (non-hydrogen) atoms. The maximum Gasteiger partial charge on any atom is 0.410 e. The number of carbonyl (C=O) groups excluding carboxylic acids is 4. The van der Waals surface area contributed by atoms with E-state index in [1.54, 1.807) is 42.3 Å². The standard InChI is InChI=1S/C59H81N7O11/c1-8-23-65(56(74)75-26-10-12-40-15-17-50(48(27-40)64-53(71)19-22-61-7)76-54-29-43(69)28-51(77-54)55(72)73)24-11-21-58(5,37-59(6)31-44(70)30-57(3,4)36-59)38-62-39(2)46(32-60)45-16-18-52(63-49(45)35-68)66-25-20-41-13-9-14-42(34-67)47(41)33-66/h9-10,12-18,27,32,34-35,43-44,51,54,61,69-70H,8,11,19-26,28-31,33,36-38,60H2,1-7H3,(H,64,71)(H,72,73)/b12-10+,46-32?,62-39?. The third-order valence-electron chi connectivity index (χ3n) is 14.9. The lowest BCUT2D eigenvalue weighted by molar-refractivity contribution is -0.195. The first-order valence-corrected chi connectivity index (χ1v) is 27.0. The highest BCUT2D eigenvalue weighted by Crippen LogP contribution is 2.52. The highest BCUT2D eigenvalue weighted by atomic mass is 16.7. The quantitative estimate of drug-likeness (QED) is 0.0345. The van der Waals surface area contributed by atoms with E-state index in [2.05, 4.69) is 43.2 Å². The normalized spacial score (nSPS) is 22.4. The summed E-state index contributed by atoms with van der Waals surface area (Å²) in [6, 6.07) is 14.5. The summed E-state index contributed by atoms with van der Waals surface area (Å²) in [6.07, 6.45) is 8.56. The minimum atomic E-state index is -1.24. The number of pyridine rings is 1. The Hall–Kier alpha value is -6.47. The van der Waals surface area contributed by atoms with Gasteiger partial charge in [0.25, 0.3) is 0 Å². The van der Waals surface area contributed by atoms with Gasteiger partial charge in [-0.2, -0.15) is 0 Å². The van der Waals surface area contributed by atoms with Crippen molar-refractivity contribution in [3.63, 3.8) is 0 Å². The number of carbonyl (C=O) groups is 5. The lowest BCUT2D eigenvalue weighted by Gasteiger charge is -2.49. The van der Waals surface area contributed by atoms with Gasteiger partial charge in [-0.05, 0) is 129 Å². The molecule has 3 heterocycles. The molecule has 0 bridgehead atoms. The molecule has 1 aliphatic carbocycles. The van der Waals surface area contributed by atoms with E-state index in [1.807, 2.05) is 44.2 Å². The third-order valence-corrected chi connectivity index (χ3v) is 14.9. The van der Waals surface area contributed by atoms with Crippen molar-refractivity contribution in [1.29, 1.82) is 0 Å². The maximum absolute atomic E-state index is 13.7. The van der Waals surface area contributed by atoms with Gasteiger partial charge in [-0.25, -0.2) is 14.6 Å². The van der Waals surface area contributed by atoms with E-state index in [4.69, 9.17) is 29.9 Å². The van der Waals surface area contributed by atoms with E-state index in [1.165, 1.54) is 6.20 Å². The second kappa shape index (κ2) is 27.2. The van der Waals surface area contributed by atoms with Gasteiger partial charge in [0.2, 0.25) is 12.2 Å². The Bertz CT molecular complexity index is 2650. The number of amides is 2. The number of ether oxygens (including phenoxy) is 3. The SMILES string of the molecule is CCCN(CCCC(C)(CN=C(C)C(=CN)c1ccc(N2CCc3cccc(C=O)c3C2)nc1C=O)CC1(C)CC(O)CC(C)(C)C1)C(=O)OC/C=C/c1ccc(OC2CC(O)CC(C(=O)O)O2)c(NC(=O)CCNC)c1.